The van der Waals surface area contributed by atoms with Crippen molar-refractivity contribution in [1.82, 2.24) is 0 Å². The van der Waals surface area contributed by atoms with Crippen LogP contribution in [0.4, 0.5) is 0 Å². The van der Waals surface area contributed by atoms with E-state index < -0.39 is 0 Å². The molecule has 0 aromatic carbocycles. The van der Waals surface area contributed by atoms with Crippen LogP contribution < -0.4 is 0 Å². The van der Waals surface area contributed by atoms with Gasteiger partial charge in [-0.2, -0.15) is 0 Å². The molecule has 0 aromatic heterocycles. The van der Waals surface area contributed by atoms with Crippen LogP contribution in [0.2, 0.25) is 0 Å². The van der Waals surface area contributed by atoms with E-state index in [0.717, 1.165) is 0 Å². The molecule has 1 aliphatic carbocycles. The van der Waals surface area contributed by atoms with Crippen LogP contribution in [0.1, 0.15) is 0 Å². The zero-order valence-corrected chi connectivity index (χ0v) is 4.56. The lowest BCUT2D eigenvalue weighted by atomic mass is 10.1. The van der Waals surface area contributed by atoms with Crippen molar-refractivity contribution in [3.63, 3.8) is 0 Å². The zero-order valence-electron chi connectivity index (χ0n) is 3.80. The molecule has 0 fully saturated rings. The molecule has 0 spiro atoms. The number of alkyl halides is 1. The van der Waals surface area contributed by atoms with Crippen molar-refractivity contribution in [2.24, 2.45) is 0 Å². The maximum absolute atomic E-state index is 5.23. The first-order valence-corrected chi connectivity index (χ1v) is 2.66. The normalized spacial score (nSPS) is 27.3. The molecule has 1 unspecified atom stereocenters. The highest BCUT2D eigenvalue weighted by atomic mass is 35.5. The van der Waals surface area contributed by atoms with E-state index in [-0.39, 0.29) is 12.2 Å². The molecule has 0 amide bonds. The van der Waals surface area contributed by atoms with Crippen molar-refractivity contribution < 1.29 is 4.74 Å². The highest BCUT2D eigenvalue weighted by Crippen LogP contribution is 2.10. The SMILES string of the molecule is ClCOC1[CH]C=C1. The summed E-state index contributed by atoms with van der Waals surface area (Å²) in [6.45, 7) is 0. The fraction of sp³-hybridized carbons (Fsp3) is 0.400. The second-order valence-electron chi connectivity index (χ2n) is 1.32. The van der Waals surface area contributed by atoms with Gasteiger partial charge in [0.25, 0.3) is 0 Å². The molecule has 1 aliphatic rings. The summed E-state index contributed by atoms with van der Waals surface area (Å²) in [5.74, 6) is 0. The van der Waals surface area contributed by atoms with Crippen molar-refractivity contribution in [1.29, 1.82) is 0 Å². The number of ether oxygens (including phenoxy) is 1. The Labute approximate surface area is 47.9 Å². The maximum Gasteiger partial charge on any atom is 0.121 e. The minimum atomic E-state index is 0.192. The third-order valence-corrected chi connectivity index (χ3v) is 0.983. The molecule has 39 valence electrons. The standard InChI is InChI=1S/C5H6ClO/c6-4-7-5-2-1-3-5/h1-3,5H,4H2. The van der Waals surface area contributed by atoms with Crippen LogP contribution >= 0.6 is 11.6 Å². The van der Waals surface area contributed by atoms with Gasteiger partial charge in [-0.3, -0.25) is 0 Å². The molecule has 0 bridgehead atoms. The second kappa shape index (κ2) is 2.34. The van der Waals surface area contributed by atoms with Crippen LogP contribution in [0.3, 0.4) is 0 Å². The molecule has 0 saturated heterocycles. The molecule has 1 nitrogen and oxygen atoms in total. The van der Waals surface area contributed by atoms with E-state index >= 15 is 0 Å². The van der Waals surface area contributed by atoms with Gasteiger partial charge in [0.15, 0.2) is 0 Å². The molecular weight excluding hydrogens is 112 g/mol. The van der Waals surface area contributed by atoms with E-state index in [4.69, 9.17) is 16.3 Å². The van der Waals surface area contributed by atoms with E-state index in [0.29, 0.717) is 0 Å². The minimum absolute atomic E-state index is 0.192. The van der Waals surface area contributed by atoms with Crippen molar-refractivity contribution in [3.8, 4) is 0 Å². The predicted octanol–water partition coefficient (Wildman–Crippen LogP) is 1.34. The topological polar surface area (TPSA) is 9.23 Å². The Kier molecular flexibility index (Phi) is 1.71. The van der Waals surface area contributed by atoms with Gasteiger partial charge >= 0.3 is 0 Å². The first-order chi connectivity index (χ1) is 3.43. The van der Waals surface area contributed by atoms with Gasteiger partial charge in [-0.25, -0.2) is 0 Å². The van der Waals surface area contributed by atoms with Crippen LogP contribution in [0.25, 0.3) is 0 Å². The van der Waals surface area contributed by atoms with E-state index in [1.165, 1.54) is 0 Å². The molecule has 1 radical (unpaired) electrons. The fourth-order valence-corrected chi connectivity index (χ4v) is 0.531. The summed E-state index contributed by atoms with van der Waals surface area (Å²) in [5.41, 5.74) is 0. The predicted molar refractivity (Wildman–Crippen MR) is 29.0 cm³/mol. The number of rotatable bonds is 2. The highest BCUT2D eigenvalue weighted by Gasteiger charge is 2.08. The summed E-state index contributed by atoms with van der Waals surface area (Å²) in [6, 6.07) is 0.283. The Balaban J connectivity index is 2.06. The summed E-state index contributed by atoms with van der Waals surface area (Å²) >= 11 is 5.23. The van der Waals surface area contributed by atoms with E-state index in [9.17, 15) is 0 Å². The number of hydrogen-bond acceptors (Lipinski definition) is 1. The summed E-state index contributed by atoms with van der Waals surface area (Å²) < 4.78 is 4.90. The van der Waals surface area contributed by atoms with Crippen LogP contribution in [-0.2, 0) is 4.74 Å². The molecule has 0 aromatic rings. The van der Waals surface area contributed by atoms with Crippen LogP contribution in [-0.4, -0.2) is 12.2 Å². The van der Waals surface area contributed by atoms with Gasteiger partial charge < -0.3 is 4.74 Å². The van der Waals surface area contributed by atoms with Crippen molar-refractivity contribution >= 4 is 11.6 Å². The minimum Gasteiger partial charge on any atom is -0.358 e. The van der Waals surface area contributed by atoms with Gasteiger partial charge in [-0.15, -0.1) is 0 Å². The van der Waals surface area contributed by atoms with Crippen LogP contribution in [0.5, 0.6) is 0 Å². The molecule has 2 heteroatoms. The van der Waals surface area contributed by atoms with Crippen molar-refractivity contribution in [3.05, 3.63) is 18.6 Å². The molecular formula is C5H6ClO. The Morgan fingerprint density at radius 1 is 1.71 bits per heavy atom. The summed E-state index contributed by atoms with van der Waals surface area (Å²) in [5, 5.41) is 0. The van der Waals surface area contributed by atoms with Crippen LogP contribution in [0.15, 0.2) is 12.2 Å². The van der Waals surface area contributed by atoms with Crippen LogP contribution in [0, 0.1) is 6.42 Å². The molecule has 0 saturated carbocycles. The summed E-state index contributed by atoms with van der Waals surface area (Å²) in [6.07, 6.45) is 6.03. The first-order valence-electron chi connectivity index (χ1n) is 2.12. The van der Waals surface area contributed by atoms with Gasteiger partial charge in [-0.05, 0) is 0 Å². The molecule has 1 rings (SSSR count). The summed E-state index contributed by atoms with van der Waals surface area (Å²) in [4.78, 5) is 0. The van der Waals surface area contributed by atoms with Gasteiger partial charge in [-0.1, -0.05) is 23.8 Å². The third kappa shape index (κ3) is 1.18. The van der Waals surface area contributed by atoms with Gasteiger partial charge in [0.05, 0.1) is 6.10 Å². The summed E-state index contributed by atoms with van der Waals surface area (Å²) in [7, 11) is 0. The molecule has 0 heterocycles. The van der Waals surface area contributed by atoms with Gasteiger partial charge in [0.1, 0.15) is 6.07 Å². The van der Waals surface area contributed by atoms with Crippen molar-refractivity contribution in [2.45, 2.75) is 6.10 Å². The van der Waals surface area contributed by atoms with Crippen molar-refractivity contribution in [2.75, 3.05) is 6.07 Å². The first kappa shape index (κ1) is 5.13. The molecule has 1 atom stereocenters. The zero-order chi connectivity index (χ0) is 5.11. The third-order valence-electron chi connectivity index (χ3n) is 0.857. The van der Waals surface area contributed by atoms with E-state index in [2.05, 4.69) is 0 Å². The van der Waals surface area contributed by atoms with Gasteiger partial charge in [0, 0.05) is 6.42 Å². The molecule has 7 heavy (non-hydrogen) atoms. The average Bonchev–Trinajstić information content (AvgIpc) is 1.55. The largest absolute Gasteiger partial charge is 0.358 e. The number of halogens is 1. The Bertz CT molecular complexity index is 80.1. The number of hydrogen-bond donors (Lipinski definition) is 0. The second-order valence-corrected chi connectivity index (χ2v) is 1.54. The Hall–Kier alpha value is -0.0100. The Morgan fingerprint density at radius 2 is 2.43 bits per heavy atom. The highest BCUT2D eigenvalue weighted by molar-refractivity contribution is 6.17. The fourth-order valence-electron chi connectivity index (χ4n) is 0.386. The lowest BCUT2D eigenvalue weighted by Gasteiger charge is -2.14. The van der Waals surface area contributed by atoms with E-state index in [1.54, 1.807) is 0 Å². The lowest BCUT2D eigenvalue weighted by Crippen LogP contribution is -2.14. The molecule has 0 N–H and O–H groups in total. The smallest absolute Gasteiger partial charge is 0.121 e. The average molecular weight is 118 g/mol. The molecule has 0 aliphatic heterocycles. The lowest BCUT2D eigenvalue weighted by molar-refractivity contribution is 0.142. The van der Waals surface area contributed by atoms with Gasteiger partial charge in [0.2, 0.25) is 0 Å². The quantitative estimate of drug-likeness (QED) is 0.496. The maximum atomic E-state index is 5.23. The Morgan fingerprint density at radius 3 is 2.57 bits per heavy atom. The monoisotopic (exact) mass is 117 g/mol. The van der Waals surface area contributed by atoms with E-state index in [1.807, 2.05) is 18.6 Å².